The number of amides is 1. The number of piperidine rings is 1. The number of benzene rings is 1. The van der Waals surface area contributed by atoms with E-state index in [-0.39, 0.29) is 5.91 Å². The molecule has 1 aromatic carbocycles. The largest absolute Gasteiger partial charge is 0.335 e. The highest BCUT2D eigenvalue weighted by molar-refractivity contribution is 5.97. The SMILES string of the molecule is C#Cc1c[c]ccc1C(=O)N1CCCC2CCCCC21. The van der Waals surface area contributed by atoms with Gasteiger partial charge >= 0.3 is 0 Å². The topological polar surface area (TPSA) is 20.3 Å². The predicted molar refractivity (Wildman–Crippen MR) is 79.2 cm³/mol. The van der Waals surface area contributed by atoms with Gasteiger partial charge in [0.05, 0.1) is 5.56 Å². The lowest BCUT2D eigenvalue weighted by Crippen LogP contribution is -2.49. The molecule has 0 bridgehead atoms. The van der Waals surface area contributed by atoms with Crippen molar-refractivity contribution in [1.82, 2.24) is 4.90 Å². The molecule has 1 saturated heterocycles. The highest BCUT2D eigenvalue weighted by atomic mass is 16.2. The summed E-state index contributed by atoms with van der Waals surface area (Å²) in [6.45, 7) is 0.878. The molecule has 2 unspecified atom stereocenters. The molecule has 0 aromatic heterocycles. The van der Waals surface area contributed by atoms with E-state index in [9.17, 15) is 4.79 Å². The second kappa shape index (κ2) is 5.71. The maximum Gasteiger partial charge on any atom is 0.255 e. The Morgan fingerprint density at radius 1 is 1.30 bits per heavy atom. The zero-order valence-electron chi connectivity index (χ0n) is 11.8. The number of carbonyl (C=O) groups excluding carboxylic acids is 1. The number of rotatable bonds is 1. The third-order valence-corrected chi connectivity index (χ3v) is 4.75. The lowest BCUT2D eigenvalue weighted by molar-refractivity contribution is 0.0390. The van der Waals surface area contributed by atoms with Crippen LogP contribution in [-0.2, 0) is 0 Å². The fourth-order valence-corrected chi connectivity index (χ4v) is 3.77. The van der Waals surface area contributed by atoms with E-state index in [0.29, 0.717) is 23.1 Å². The van der Waals surface area contributed by atoms with E-state index < -0.39 is 0 Å². The van der Waals surface area contributed by atoms with Gasteiger partial charge in [-0.15, -0.1) is 6.42 Å². The molecule has 2 nitrogen and oxygen atoms in total. The van der Waals surface area contributed by atoms with Crippen LogP contribution in [0, 0.1) is 24.3 Å². The number of likely N-dealkylation sites (tertiary alicyclic amines) is 1. The highest BCUT2D eigenvalue weighted by Gasteiger charge is 2.36. The molecule has 0 spiro atoms. The molecule has 1 aromatic rings. The molecule has 3 rings (SSSR count). The number of nitrogens with zero attached hydrogens (tertiary/aromatic N) is 1. The minimum absolute atomic E-state index is 0.114. The van der Waals surface area contributed by atoms with Gasteiger partial charge in [0.25, 0.3) is 5.91 Å². The summed E-state index contributed by atoms with van der Waals surface area (Å²) in [5, 5.41) is 0. The Hall–Kier alpha value is -1.75. The van der Waals surface area contributed by atoms with Crippen molar-refractivity contribution in [1.29, 1.82) is 0 Å². The summed E-state index contributed by atoms with van der Waals surface area (Å²) in [5.74, 6) is 3.42. The van der Waals surface area contributed by atoms with Crippen LogP contribution >= 0.6 is 0 Å². The first kappa shape index (κ1) is 13.2. The van der Waals surface area contributed by atoms with Crippen LogP contribution in [0.1, 0.15) is 54.4 Å². The summed E-state index contributed by atoms with van der Waals surface area (Å²) >= 11 is 0. The number of carbonyl (C=O) groups is 1. The van der Waals surface area contributed by atoms with Gasteiger partial charge in [-0.05, 0) is 49.8 Å². The quantitative estimate of drug-likeness (QED) is 0.714. The van der Waals surface area contributed by atoms with E-state index in [1.807, 2.05) is 6.07 Å². The minimum atomic E-state index is 0.114. The van der Waals surface area contributed by atoms with Gasteiger partial charge in [0.2, 0.25) is 0 Å². The third-order valence-electron chi connectivity index (χ3n) is 4.75. The molecule has 1 saturated carbocycles. The predicted octanol–water partition coefficient (Wildman–Crippen LogP) is 3.26. The Kier molecular flexibility index (Phi) is 3.78. The van der Waals surface area contributed by atoms with Crippen molar-refractivity contribution >= 4 is 5.91 Å². The monoisotopic (exact) mass is 266 g/mol. The van der Waals surface area contributed by atoms with Gasteiger partial charge in [0, 0.05) is 18.2 Å². The molecule has 1 amide bonds. The average Bonchev–Trinajstić information content (AvgIpc) is 2.53. The van der Waals surface area contributed by atoms with E-state index in [0.717, 1.165) is 19.4 Å². The summed E-state index contributed by atoms with van der Waals surface area (Å²) in [6, 6.07) is 8.70. The summed E-state index contributed by atoms with van der Waals surface area (Å²) in [4.78, 5) is 14.9. The fraction of sp³-hybridized carbons (Fsp3) is 0.500. The molecule has 1 heterocycles. The molecule has 2 heteroatoms. The van der Waals surface area contributed by atoms with Crippen molar-refractivity contribution in [2.45, 2.75) is 44.6 Å². The van der Waals surface area contributed by atoms with Crippen molar-refractivity contribution in [3.05, 3.63) is 35.4 Å². The molecule has 2 atom stereocenters. The van der Waals surface area contributed by atoms with E-state index in [2.05, 4.69) is 16.9 Å². The molecule has 20 heavy (non-hydrogen) atoms. The highest BCUT2D eigenvalue weighted by Crippen LogP contribution is 2.36. The minimum Gasteiger partial charge on any atom is -0.335 e. The summed E-state index contributed by atoms with van der Waals surface area (Å²) < 4.78 is 0. The van der Waals surface area contributed by atoms with Crippen LogP contribution < -0.4 is 0 Å². The van der Waals surface area contributed by atoms with Crippen molar-refractivity contribution < 1.29 is 4.79 Å². The molecule has 1 radical (unpaired) electrons. The standard InChI is InChI=1S/C18H20NO/c1-2-14-8-3-5-11-16(14)18(20)19-13-7-10-15-9-4-6-12-17(15)19/h1,5,8,11,15,17H,4,6-7,9-10,12-13H2. The van der Waals surface area contributed by atoms with Crippen LogP contribution in [0.3, 0.4) is 0 Å². The molecular formula is C18H20NO. The van der Waals surface area contributed by atoms with Gasteiger partial charge in [0.1, 0.15) is 0 Å². The molecule has 1 aliphatic carbocycles. The maximum atomic E-state index is 12.9. The van der Waals surface area contributed by atoms with Crippen LogP contribution in [0.5, 0.6) is 0 Å². The smallest absolute Gasteiger partial charge is 0.255 e. The van der Waals surface area contributed by atoms with Gasteiger partial charge in [0.15, 0.2) is 0 Å². The Balaban J connectivity index is 1.87. The number of terminal acetylenes is 1. The number of hydrogen-bond acceptors (Lipinski definition) is 1. The Bertz CT molecular complexity index is 541. The Morgan fingerprint density at radius 3 is 2.95 bits per heavy atom. The van der Waals surface area contributed by atoms with Crippen LogP contribution in [0.25, 0.3) is 0 Å². The van der Waals surface area contributed by atoms with E-state index in [1.54, 1.807) is 12.1 Å². The van der Waals surface area contributed by atoms with Crippen LogP contribution in [-0.4, -0.2) is 23.4 Å². The molecule has 1 aliphatic heterocycles. The second-order valence-corrected chi connectivity index (χ2v) is 5.87. The molecular weight excluding hydrogens is 246 g/mol. The van der Waals surface area contributed by atoms with Crippen molar-refractivity contribution in [2.24, 2.45) is 5.92 Å². The van der Waals surface area contributed by atoms with E-state index >= 15 is 0 Å². The first-order chi connectivity index (χ1) is 9.81. The second-order valence-electron chi connectivity index (χ2n) is 5.87. The lowest BCUT2D eigenvalue weighted by atomic mass is 9.78. The third kappa shape index (κ3) is 2.33. The van der Waals surface area contributed by atoms with Gasteiger partial charge in [-0.1, -0.05) is 24.8 Å². The maximum absolute atomic E-state index is 12.9. The van der Waals surface area contributed by atoms with Crippen molar-refractivity contribution in [3.63, 3.8) is 0 Å². The molecule has 0 N–H and O–H groups in total. The van der Waals surface area contributed by atoms with E-state index in [4.69, 9.17) is 6.42 Å². The summed E-state index contributed by atoms with van der Waals surface area (Å²) in [6.07, 6.45) is 12.9. The average molecular weight is 266 g/mol. The lowest BCUT2D eigenvalue weighted by Gasteiger charge is -2.44. The summed E-state index contributed by atoms with van der Waals surface area (Å²) in [7, 11) is 0. The summed E-state index contributed by atoms with van der Waals surface area (Å²) in [5.41, 5.74) is 1.33. The molecule has 2 aliphatic rings. The Labute approximate surface area is 121 Å². The van der Waals surface area contributed by atoms with Gasteiger partial charge in [-0.2, -0.15) is 0 Å². The first-order valence-electron chi connectivity index (χ1n) is 7.59. The molecule has 103 valence electrons. The molecule has 2 fully saturated rings. The van der Waals surface area contributed by atoms with Crippen LogP contribution in [0.4, 0.5) is 0 Å². The van der Waals surface area contributed by atoms with Crippen molar-refractivity contribution in [3.8, 4) is 12.3 Å². The van der Waals surface area contributed by atoms with Crippen molar-refractivity contribution in [2.75, 3.05) is 6.54 Å². The number of fused-ring (bicyclic) bond motifs is 1. The number of hydrogen-bond donors (Lipinski definition) is 0. The van der Waals surface area contributed by atoms with Gasteiger partial charge in [-0.3, -0.25) is 4.79 Å². The van der Waals surface area contributed by atoms with Crippen LogP contribution in [0.15, 0.2) is 18.2 Å². The van der Waals surface area contributed by atoms with Gasteiger partial charge < -0.3 is 4.90 Å². The zero-order valence-corrected chi connectivity index (χ0v) is 11.8. The zero-order chi connectivity index (χ0) is 13.9. The van der Waals surface area contributed by atoms with Gasteiger partial charge in [-0.25, -0.2) is 0 Å². The normalized spacial score (nSPS) is 25.6. The fourth-order valence-electron chi connectivity index (χ4n) is 3.77. The first-order valence-corrected chi connectivity index (χ1v) is 7.59. The Morgan fingerprint density at radius 2 is 2.10 bits per heavy atom. The van der Waals surface area contributed by atoms with Crippen LogP contribution in [0.2, 0.25) is 0 Å². The van der Waals surface area contributed by atoms with E-state index in [1.165, 1.54) is 25.7 Å².